The molecule has 0 saturated carbocycles. The molecule has 5 aromatic heterocycles. The molecule has 0 atom stereocenters. The second kappa shape index (κ2) is 22.8. The van der Waals surface area contributed by atoms with Crippen LogP contribution in [0.5, 0.6) is 0 Å². The van der Waals surface area contributed by atoms with E-state index in [4.69, 9.17) is 9.47 Å². The van der Waals surface area contributed by atoms with Crippen molar-refractivity contribution in [2.45, 2.75) is 65.4 Å². The first-order valence-electron chi connectivity index (χ1n) is 21.7. The normalized spacial score (nSPS) is 11.0. The Kier molecular flexibility index (Phi) is 17.0. The molecule has 0 aliphatic rings. The van der Waals surface area contributed by atoms with Crippen LogP contribution < -0.4 is 42.5 Å². The Bertz CT molecular complexity index is 2800. The fraction of sp³-hybridized carbons (Fsp3) is 0.395. The average Bonchev–Trinajstić information content (AvgIpc) is 4.07. The van der Waals surface area contributed by atoms with E-state index in [0.29, 0.717) is 23.0 Å². The molecule has 5 heterocycles. The summed E-state index contributed by atoms with van der Waals surface area (Å²) >= 11 is 0. The fourth-order valence-electron chi connectivity index (χ4n) is 6.35. The monoisotopic (exact) mass is 972 g/mol. The van der Waals surface area contributed by atoms with Gasteiger partial charge in [0.05, 0.1) is 18.0 Å². The molecule has 0 aliphatic carbocycles. The van der Waals surface area contributed by atoms with Gasteiger partial charge in [-0.25, -0.2) is 24.5 Å². The maximum absolute atomic E-state index is 13.2. The first kappa shape index (κ1) is 52.2. The summed E-state index contributed by atoms with van der Waals surface area (Å²) in [6.45, 7) is 7.00. The van der Waals surface area contributed by atoms with Gasteiger partial charge in [-0.05, 0) is 27.7 Å². The van der Waals surface area contributed by atoms with Crippen LogP contribution in [0.4, 0.5) is 45.3 Å². The molecule has 0 radical (unpaired) electrons. The number of aryl methyl sites for hydroxylation is 5. The SMILES string of the molecule is CCOC(=O)c1nc(NC(=O)CCC(=O)Nc2cc(NC(=O)c3nc(NC(=O)CCC(=O)Nc4cc(NC(=O)c5nc(NC(=O)CCNC(=O)OC(C)(C)C)cn5C)cn4C)cn3C)cn2C)cn1C. The van der Waals surface area contributed by atoms with E-state index in [0.717, 1.165) is 0 Å². The highest BCUT2D eigenvalue weighted by Gasteiger charge is 2.22. The van der Waals surface area contributed by atoms with Gasteiger partial charge in [0.15, 0.2) is 17.5 Å². The smallest absolute Gasteiger partial charge is 0.407 e. The van der Waals surface area contributed by atoms with E-state index in [9.17, 15) is 43.2 Å². The number of hydrogen-bond acceptors (Lipinski definition) is 14. The standard InChI is InChI=1S/C43H56N16O11/c1-10-69-41(67)38-52-28(23-59(38)9)48-32(61)12-14-34(63)54-30-17-24(19-55(30)5)45-39(65)36-50-26(21-57(36)7)47-31(60)11-13-33(62)53-29-18-25(20-56(29)6)46-40(66)37-51-27(22-58(37)8)49-35(64)15-16-44-42(68)70-43(2,3)4/h17-23H,10-16H2,1-9H3,(H,44,68)(H,45,65)(H,46,66)(H,47,60)(H,48,61)(H,49,64)(H,53,62)(H,54,63). The number of aromatic nitrogens is 8. The number of hydrogen-bond donors (Lipinski definition) is 8. The Morgan fingerprint density at radius 2 is 0.871 bits per heavy atom. The molecule has 0 aromatic carbocycles. The summed E-state index contributed by atoms with van der Waals surface area (Å²) in [7, 11) is 7.97. The second-order valence-corrected chi connectivity index (χ2v) is 16.7. The van der Waals surface area contributed by atoms with Gasteiger partial charge in [-0.3, -0.25) is 33.6 Å². The maximum Gasteiger partial charge on any atom is 0.407 e. The number of rotatable bonds is 20. The number of anilines is 7. The molecule has 0 bridgehead atoms. The summed E-state index contributed by atoms with van der Waals surface area (Å²) in [5.74, 6) is -3.47. The van der Waals surface area contributed by atoms with Crippen molar-refractivity contribution in [2.75, 3.05) is 50.4 Å². The van der Waals surface area contributed by atoms with Crippen molar-refractivity contribution < 1.29 is 52.6 Å². The third-order valence-corrected chi connectivity index (χ3v) is 9.53. The van der Waals surface area contributed by atoms with Crippen LogP contribution in [-0.2, 0) is 68.7 Å². The van der Waals surface area contributed by atoms with Gasteiger partial charge in [0, 0.05) is 117 Å². The molecule has 0 saturated heterocycles. The van der Waals surface area contributed by atoms with Gasteiger partial charge >= 0.3 is 12.1 Å². The summed E-state index contributed by atoms with van der Waals surface area (Å²) in [4.78, 5) is 126. The quantitative estimate of drug-likeness (QED) is 0.0520. The minimum Gasteiger partial charge on any atom is -0.460 e. The number of nitrogens with one attached hydrogen (secondary N) is 8. The lowest BCUT2D eigenvalue weighted by atomic mass is 10.2. The zero-order valence-corrected chi connectivity index (χ0v) is 40.1. The summed E-state index contributed by atoms with van der Waals surface area (Å²) in [5, 5.41) is 20.9. The first-order chi connectivity index (χ1) is 33.0. The lowest BCUT2D eigenvalue weighted by molar-refractivity contribution is -0.121. The molecule has 8 amide bonds. The number of imidazole rings is 3. The van der Waals surface area contributed by atoms with E-state index in [2.05, 4.69) is 57.5 Å². The number of alkyl carbamates (subject to hydrolysis) is 1. The predicted molar refractivity (Wildman–Crippen MR) is 253 cm³/mol. The highest BCUT2D eigenvalue weighted by atomic mass is 16.6. The number of esters is 1. The summed E-state index contributed by atoms with van der Waals surface area (Å²) in [6, 6.07) is 3.01. The molecular weight excluding hydrogens is 917 g/mol. The van der Waals surface area contributed by atoms with Crippen molar-refractivity contribution in [1.82, 2.24) is 43.1 Å². The first-order valence-corrected chi connectivity index (χ1v) is 21.7. The predicted octanol–water partition coefficient (Wildman–Crippen LogP) is 2.81. The molecule has 27 nitrogen and oxygen atoms in total. The van der Waals surface area contributed by atoms with Crippen molar-refractivity contribution in [3.05, 3.63) is 60.6 Å². The zero-order valence-electron chi connectivity index (χ0n) is 40.1. The van der Waals surface area contributed by atoms with E-state index in [1.54, 1.807) is 84.5 Å². The Balaban J connectivity index is 1.03. The molecule has 0 spiro atoms. The number of ether oxygens (including phenoxy) is 2. The van der Waals surface area contributed by atoms with Gasteiger partial charge in [-0.2, -0.15) is 0 Å². The molecule has 8 N–H and O–H groups in total. The van der Waals surface area contributed by atoms with Gasteiger partial charge in [-0.15, -0.1) is 0 Å². The lowest BCUT2D eigenvalue weighted by Gasteiger charge is -2.19. The Morgan fingerprint density at radius 3 is 1.27 bits per heavy atom. The fourth-order valence-corrected chi connectivity index (χ4v) is 6.35. The zero-order chi connectivity index (χ0) is 51.4. The van der Waals surface area contributed by atoms with Crippen LogP contribution >= 0.6 is 0 Å². The molecule has 0 unspecified atom stereocenters. The maximum atomic E-state index is 13.2. The summed E-state index contributed by atoms with van der Waals surface area (Å²) in [6.07, 6.45) is 5.88. The molecule has 374 valence electrons. The number of carbonyl (C=O) groups is 9. The molecule has 0 fully saturated rings. The van der Waals surface area contributed by atoms with Crippen LogP contribution in [0, 0.1) is 0 Å². The van der Waals surface area contributed by atoms with E-state index in [1.165, 1.54) is 44.4 Å². The molecule has 5 aromatic rings. The minimum atomic E-state index is -0.682. The molecule has 5 rings (SSSR count). The largest absolute Gasteiger partial charge is 0.460 e. The summed E-state index contributed by atoms with van der Waals surface area (Å²) in [5.41, 5.74) is -0.0454. The van der Waals surface area contributed by atoms with Crippen LogP contribution in [0.25, 0.3) is 0 Å². The van der Waals surface area contributed by atoms with Crippen molar-refractivity contribution in [2.24, 2.45) is 35.2 Å². The minimum absolute atomic E-state index is 0.0108. The van der Waals surface area contributed by atoms with Crippen molar-refractivity contribution in [3.8, 4) is 0 Å². The Labute approximate surface area is 400 Å². The third-order valence-electron chi connectivity index (χ3n) is 9.53. The van der Waals surface area contributed by atoms with Gasteiger partial charge in [0.2, 0.25) is 47.0 Å². The lowest BCUT2D eigenvalue weighted by Crippen LogP contribution is -2.34. The summed E-state index contributed by atoms with van der Waals surface area (Å²) < 4.78 is 17.4. The van der Waals surface area contributed by atoms with Gasteiger partial charge in [0.1, 0.15) is 17.2 Å². The number of carbonyl (C=O) groups excluding carboxylic acids is 9. The van der Waals surface area contributed by atoms with E-state index in [1.807, 2.05) is 0 Å². The van der Waals surface area contributed by atoms with Gasteiger partial charge in [0.25, 0.3) is 11.8 Å². The van der Waals surface area contributed by atoms with Gasteiger partial charge < -0.3 is 74.8 Å². The second-order valence-electron chi connectivity index (χ2n) is 16.7. The Morgan fingerprint density at radius 1 is 0.500 bits per heavy atom. The van der Waals surface area contributed by atoms with Crippen LogP contribution in [0.15, 0.2) is 43.1 Å². The molecule has 0 aliphatic heterocycles. The van der Waals surface area contributed by atoms with Crippen molar-refractivity contribution >= 4 is 93.9 Å². The van der Waals surface area contributed by atoms with Crippen LogP contribution in [0.1, 0.15) is 91.7 Å². The third kappa shape index (κ3) is 15.1. The highest BCUT2D eigenvalue weighted by molar-refractivity contribution is 6.05. The molecule has 70 heavy (non-hydrogen) atoms. The average molecular weight is 973 g/mol. The van der Waals surface area contributed by atoms with E-state index >= 15 is 0 Å². The van der Waals surface area contributed by atoms with Gasteiger partial charge in [-0.1, -0.05) is 0 Å². The Hall–Kier alpha value is -8.78. The molecular formula is C43H56N16O11. The topological polar surface area (TPSA) is 332 Å². The van der Waals surface area contributed by atoms with Crippen LogP contribution in [0.2, 0.25) is 0 Å². The van der Waals surface area contributed by atoms with E-state index < -0.39 is 59.0 Å². The number of nitrogens with zero attached hydrogens (tertiary/aromatic N) is 8. The number of amides is 8. The molecule has 27 heteroatoms. The van der Waals surface area contributed by atoms with E-state index in [-0.39, 0.29) is 80.2 Å². The van der Waals surface area contributed by atoms with Crippen LogP contribution in [-0.4, -0.2) is 110 Å². The van der Waals surface area contributed by atoms with Crippen LogP contribution in [0.3, 0.4) is 0 Å². The van der Waals surface area contributed by atoms with Crippen molar-refractivity contribution in [3.63, 3.8) is 0 Å². The highest BCUT2D eigenvalue weighted by Crippen LogP contribution is 2.21. The van der Waals surface area contributed by atoms with Crippen molar-refractivity contribution in [1.29, 1.82) is 0 Å².